The van der Waals surface area contributed by atoms with E-state index in [1.807, 2.05) is 30.3 Å². The summed E-state index contributed by atoms with van der Waals surface area (Å²) in [6, 6.07) is 9.48. The molecule has 0 radical (unpaired) electrons. The lowest BCUT2D eigenvalue weighted by molar-refractivity contribution is -0.116. The van der Waals surface area contributed by atoms with Gasteiger partial charge in [0.25, 0.3) is 5.91 Å². The van der Waals surface area contributed by atoms with Crippen molar-refractivity contribution in [3.05, 3.63) is 30.3 Å². The maximum atomic E-state index is 10.7. The first kappa shape index (κ1) is 8.46. The second-order valence-corrected chi connectivity index (χ2v) is 2.27. The summed E-state index contributed by atoms with van der Waals surface area (Å²) in [5.74, 6) is -0.251. The smallest absolute Gasteiger partial charge is 0.264 e. The molecule has 1 amide bonds. The molecule has 0 aliphatic rings. The van der Waals surface area contributed by atoms with Crippen LogP contribution in [0.1, 0.15) is 0 Å². The third-order valence-electron chi connectivity index (χ3n) is 1.39. The van der Waals surface area contributed by atoms with Gasteiger partial charge in [-0.15, -0.1) is 0 Å². The van der Waals surface area contributed by atoms with E-state index in [1.165, 1.54) is 0 Å². The molecule has 1 N–H and O–H groups in total. The fraction of sp³-hybridized carbons (Fsp3) is 0.111. The molecule has 0 heterocycles. The van der Waals surface area contributed by atoms with Crippen LogP contribution in [0.3, 0.4) is 0 Å². The van der Waals surface area contributed by atoms with Crippen LogP contribution in [0.5, 0.6) is 0 Å². The van der Waals surface area contributed by atoms with Gasteiger partial charge in [0.1, 0.15) is 0 Å². The molecule has 12 heavy (non-hydrogen) atoms. The average molecular weight is 162 g/mol. The topological polar surface area (TPSA) is 41.5 Å². The Morgan fingerprint density at radius 3 is 2.67 bits per heavy atom. The van der Waals surface area contributed by atoms with Gasteiger partial charge in [0.05, 0.1) is 6.54 Å². The van der Waals surface area contributed by atoms with E-state index in [1.54, 1.807) is 0 Å². The van der Waals surface area contributed by atoms with Gasteiger partial charge in [-0.25, -0.2) is 4.99 Å². The number of aliphatic imine (C=N–C) groups is 1. The highest BCUT2D eigenvalue weighted by molar-refractivity contribution is 5.84. The van der Waals surface area contributed by atoms with Gasteiger partial charge in [-0.1, -0.05) is 18.2 Å². The molecular weight excluding hydrogens is 152 g/mol. The van der Waals surface area contributed by atoms with Crippen LogP contribution in [-0.4, -0.2) is 19.2 Å². The van der Waals surface area contributed by atoms with Crippen molar-refractivity contribution in [3.63, 3.8) is 0 Å². The minimum Gasteiger partial charge on any atom is -0.376 e. The highest BCUT2D eigenvalue weighted by Crippen LogP contribution is 2.03. The third kappa shape index (κ3) is 2.54. The predicted octanol–water partition coefficient (Wildman–Crippen LogP) is 1.33. The number of carbonyl (C=O) groups excluding carboxylic acids is 1. The van der Waals surface area contributed by atoms with Gasteiger partial charge in [-0.2, -0.15) is 0 Å². The van der Waals surface area contributed by atoms with Crippen LogP contribution in [0.15, 0.2) is 35.3 Å². The normalized spacial score (nSPS) is 9.00. The van der Waals surface area contributed by atoms with Crippen LogP contribution in [0.4, 0.5) is 5.69 Å². The number of hydrogen-bond acceptors (Lipinski definition) is 2. The van der Waals surface area contributed by atoms with Gasteiger partial charge in [0.15, 0.2) is 0 Å². The zero-order chi connectivity index (χ0) is 8.81. The summed E-state index contributed by atoms with van der Waals surface area (Å²) in [7, 11) is 0. The van der Waals surface area contributed by atoms with Crippen LogP contribution in [0, 0.1) is 0 Å². The SMILES string of the molecule is C=NC(=O)CNc1ccccc1. The first-order valence-corrected chi connectivity index (χ1v) is 3.61. The predicted molar refractivity (Wildman–Crippen MR) is 49.5 cm³/mol. The summed E-state index contributed by atoms with van der Waals surface area (Å²) in [6.07, 6.45) is 0. The Hall–Kier alpha value is -1.64. The molecule has 1 rings (SSSR count). The van der Waals surface area contributed by atoms with E-state index in [4.69, 9.17) is 0 Å². The lowest BCUT2D eigenvalue weighted by atomic mass is 10.3. The summed E-state index contributed by atoms with van der Waals surface area (Å²) in [6.45, 7) is 3.34. The van der Waals surface area contributed by atoms with E-state index >= 15 is 0 Å². The van der Waals surface area contributed by atoms with E-state index in [2.05, 4.69) is 17.0 Å². The van der Waals surface area contributed by atoms with Crippen LogP contribution >= 0.6 is 0 Å². The largest absolute Gasteiger partial charge is 0.376 e. The zero-order valence-electron chi connectivity index (χ0n) is 6.66. The molecule has 0 saturated carbocycles. The fourth-order valence-electron chi connectivity index (χ4n) is 0.790. The lowest BCUT2D eigenvalue weighted by Crippen LogP contribution is -2.10. The summed E-state index contributed by atoms with van der Waals surface area (Å²) >= 11 is 0. The molecule has 0 bridgehead atoms. The Morgan fingerprint density at radius 2 is 2.08 bits per heavy atom. The molecule has 62 valence electrons. The standard InChI is InChI=1S/C9H10N2O/c1-10-9(12)7-11-8-5-3-2-4-6-8/h2-6,11H,1,7H2. The Bertz CT molecular complexity index is 269. The van der Waals surface area contributed by atoms with Crippen LogP contribution in [0.25, 0.3) is 0 Å². The van der Waals surface area contributed by atoms with Crippen molar-refractivity contribution in [1.29, 1.82) is 0 Å². The molecule has 0 aliphatic heterocycles. The van der Waals surface area contributed by atoms with Crippen molar-refractivity contribution in [2.45, 2.75) is 0 Å². The Morgan fingerprint density at radius 1 is 1.42 bits per heavy atom. The van der Waals surface area contributed by atoms with Crippen LogP contribution < -0.4 is 5.32 Å². The number of hydrogen-bond donors (Lipinski definition) is 1. The minimum absolute atomic E-state index is 0.202. The number of carbonyl (C=O) groups is 1. The van der Waals surface area contributed by atoms with Crippen LogP contribution in [-0.2, 0) is 4.79 Å². The fourth-order valence-corrected chi connectivity index (χ4v) is 0.790. The Kier molecular flexibility index (Phi) is 3.02. The van der Waals surface area contributed by atoms with Gasteiger partial charge < -0.3 is 5.32 Å². The monoisotopic (exact) mass is 162 g/mol. The zero-order valence-corrected chi connectivity index (χ0v) is 6.66. The van der Waals surface area contributed by atoms with Crippen molar-refractivity contribution in [2.24, 2.45) is 4.99 Å². The second kappa shape index (κ2) is 4.28. The quantitative estimate of drug-likeness (QED) is 0.681. The van der Waals surface area contributed by atoms with E-state index in [9.17, 15) is 4.79 Å². The molecule has 3 heteroatoms. The molecule has 1 aromatic rings. The van der Waals surface area contributed by atoms with Crippen molar-refractivity contribution in [3.8, 4) is 0 Å². The third-order valence-corrected chi connectivity index (χ3v) is 1.39. The van der Waals surface area contributed by atoms with Crippen molar-refractivity contribution in [2.75, 3.05) is 11.9 Å². The minimum atomic E-state index is -0.251. The molecule has 0 atom stereocenters. The van der Waals surface area contributed by atoms with Gasteiger partial charge in [0, 0.05) is 5.69 Å². The number of nitrogens with zero attached hydrogens (tertiary/aromatic N) is 1. The maximum absolute atomic E-state index is 10.7. The molecular formula is C9H10N2O. The number of para-hydroxylation sites is 1. The number of benzene rings is 1. The molecule has 0 fully saturated rings. The van der Waals surface area contributed by atoms with E-state index in [0.29, 0.717) is 0 Å². The highest BCUT2D eigenvalue weighted by Gasteiger charge is 1.94. The first-order valence-electron chi connectivity index (χ1n) is 3.61. The molecule has 0 spiro atoms. The average Bonchev–Trinajstić information content (AvgIpc) is 2.16. The van der Waals surface area contributed by atoms with Gasteiger partial charge >= 0.3 is 0 Å². The van der Waals surface area contributed by atoms with Gasteiger partial charge in [0.2, 0.25) is 0 Å². The second-order valence-electron chi connectivity index (χ2n) is 2.27. The number of rotatable bonds is 3. The molecule has 3 nitrogen and oxygen atoms in total. The summed E-state index contributed by atoms with van der Waals surface area (Å²) < 4.78 is 0. The van der Waals surface area contributed by atoms with E-state index in [0.717, 1.165) is 5.69 Å². The van der Waals surface area contributed by atoms with E-state index in [-0.39, 0.29) is 12.5 Å². The summed E-state index contributed by atoms with van der Waals surface area (Å²) in [4.78, 5) is 13.9. The number of anilines is 1. The lowest BCUT2D eigenvalue weighted by Gasteiger charge is -2.01. The summed E-state index contributed by atoms with van der Waals surface area (Å²) in [5, 5.41) is 2.91. The first-order chi connectivity index (χ1) is 5.83. The molecule has 0 aliphatic carbocycles. The van der Waals surface area contributed by atoms with Crippen molar-refractivity contribution in [1.82, 2.24) is 0 Å². The number of amides is 1. The Labute approximate surface area is 71.1 Å². The highest BCUT2D eigenvalue weighted by atomic mass is 16.1. The van der Waals surface area contributed by atoms with E-state index < -0.39 is 0 Å². The molecule has 0 aromatic heterocycles. The molecule has 1 aromatic carbocycles. The summed E-state index contributed by atoms with van der Waals surface area (Å²) in [5.41, 5.74) is 0.912. The molecule has 0 saturated heterocycles. The van der Waals surface area contributed by atoms with Crippen molar-refractivity contribution >= 4 is 18.3 Å². The Balaban J connectivity index is 2.43. The van der Waals surface area contributed by atoms with Gasteiger partial charge in [-0.05, 0) is 18.9 Å². The van der Waals surface area contributed by atoms with Crippen molar-refractivity contribution < 1.29 is 4.79 Å². The van der Waals surface area contributed by atoms with Gasteiger partial charge in [-0.3, -0.25) is 4.79 Å². The maximum Gasteiger partial charge on any atom is 0.264 e. The van der Waals surface area contributed by atoms with Crippen LogP contribution in [0.2, 0.25) is 0 Å². The number of nitrogens with one attached hydrogen (secondary N) is 1. The molecule has 0 unspecified atom stereocenters.